The van der Waals surface area contributed by atoms with Crippen molar-refractivity contribution >= 4 is 5.71 Å². The summed E-state index contributed by atoms with van der Waals surface area (Å²) >= 11 is 0. The van der Waals surface area contributed by atoms with Crippen LogP contribution in [0.25, 0.3) is 0 Å². The molecule has 0 radical (unpaired) electrons. The van der Waals surface area contributed by atoms with Gasteiger partial charge in [-0.05, 0) is 17.2 Å². The van der Waals surface area contributed by atoms with Crippen LogP contribution in [0.5, 0.6) is 0 Å². The molecule has 0 spiro atoms. The smallest absolute Gasteiger partial charge is 0.200 e. The van der Waals surface area contributed by atoms with Gasteiger partial charge in [0.1, 0.15) is 0 Å². The second-order valence-electron chi connectivity index (χ2n) is 5.80. The van der Waals surface area contributed by atoms with Gasteiger partial charge in [-0.3, -0.25) is 0 Å². The van der Waals surface area contributed by atoms with Gasteiger partial charge < -0.3 is 15.3 Å². The molecule has 0 bridgehead atoms. The fourth-order valence-electron chi connectivity index (χ4n) is 2.99. The minimum atomic E-state index is -0.960. The van der Waals surface area contributed by atoms with Gasteiger partial charge in [-0.1, -0.05) is 78.9 Å². The molecule has 4 heteroatoms. The highest BCUT2D eigenvalue weighted by atomic mass is 16.7. The van der Waals surface area contributed by atoms with Gasteiger partial charge in [0.15, 0.2) is 5.79 Å². The number of methoxy groups -OCH3 is 1. The third-order valence-electron chi connectivity index (χ3n) is 4.31. The molecular formula is C21H22N2O2. The van der Waals surface area contributed by atoms with Crippen LogP contribution in [0.2, 0.25) is 0 Å². The van der Waals surface area contributed by atoms with Gasteiger partial charge in [0.2, 0.25) is 0 Å². The van der Waals surface area contributed by atoms with Crippen molar-refractivity contribution < 1.29 is 9.47 Å². The normalized spacial score (nSPS) is 22.9. The first-order valence-electron chi connectivity index (χ1n) is 8.21. The van der Waals surface area contributed by atoms with Crippen molar-refractivity contribution in [3.05, 3.63) is 96.1 Å². The lowest BCUT2D eigenvalue weighted by molar-refractivity contribution is -0.206. The second-order valence-corrected chi connectivity index (χ2v) is 5.80. The fraction of sp³-hybridized carbons (Fsp3) is 0.190. The Morgan fingerprint density at radius 2 is 1.72 bits per heavy atom. The van der Waals surface area contributed by atoms with E-state index < -0.39 is 5.79 Å². The fourth-order valence-corrected chi connectivity index (χ4v) is 2.99. The second kappa shape index (κ2) is 7.92. The number of allylic oxidation sites excluding steroid dienone is 2. The van der Waals surface area contributed by atoms with Crippen molar-refractivity contribution in [1.29, 1.82) is 0 Å². The number of benzene rings is 2. The number of nitrogens with two attached hydrogens (primary N) is 1. The van der Waals surface area contributed by atoms with Gasteiger partial charge >= 0.3 is 0 Å². The first-order valence-corrected chi connectivity index (χ1v) is 8.21. The third kappa shape index (κ3) is 3.71. The first-order chi connectivity index (χ1) is 12.3. The molecule has 2 aromatic rings. The molecule has 3 rings (SSSR count). The summed E-state index contributed by atoms with van der Waals surface area (Å²) in [4.78, 5) is 0. The van der Waals surface area contributed by atoms with Crippen molar-refractivity contribution in [3.8, 4) is 0 Å². The van der Waals surface area contributed by atoms with Gasteiger partial charge in [-0.25, -0.2) is 0 Å². The highest BCUT2D eigenvalue weighted by Gasteiger charge is 2.41. The van der Waals surface area contributed by atoms with E-state index in [1.54, 1.807) is 7.11 Å². The maximum Gasteiger partial charge on any atom is 0.200 e. The highest BCUT2D eigenvalue weighted by molar-refractivity contribution is 6.04. The minimum Gasteiger partial charge on any atom is -0.349 e. The minimum absolute atomic E-state index is 0.251. The monoisotopic (exact) mass is 334 g/mol. The predicted molar refractivity (Wildman–Crippen MR) is 99.9 cm³/mol. The van der Waals surface area contributed by atoms with Gasteiger partial charge in [0.05, 0.1) is 18.2 Å². The number of hydrogen-bond acceptors (Lipinski definition) is 4. The number of hydrogen-bond donors (Lipinski definition) is 1. The Morgan fingerprint density at radius 1 is 1.04 bits per heavy atom. The highest BCUT2D eigenvalue weighted by Crippen LogP contribution is 2.33. The maximum absolute atomic E-state index is 6.23. The zero-order chi connectivity index (χ0) is 17.5. The van der Waals surface area contributed by atoms with Crippen LogP contribution in [0.3, 0.4) is 0 Å². The molecule has 4 nitrogen and oxygen atoms in total. The SMILES string of the molecule is COC1(OCc2ccccc2)C=CC=CC1C(=NN)c1ccccc1. The van der Waals surface area contributed by atoms with Crippen molar-refractivity contribution in [2.24, 2.45) is 16.9 Å². The summed E-state index contributed by atoms with van der Waals surface area (Å²) in [5.74, 6) is 4.53. The van der Waals surface area contributed by atoms with Gasteiger partial charge in [-0.15, -0.1) is 0 Å². The Balaban J connectivity index is 1.90. The first kappa shape index (κ1) is 17.1. The molecule has 2 atom stereocenters. The van der Waals surface area contributed by atoms with E-state index >= 15 is 0 Å². The van der Waals surface area contributed by atoms with Crippen molar-refractivity contribution in [2.45, 2.75) is 12.4 Å². The molecule has 0 heterocycles. The zero-order valence-corrected chi connectivity index (χ0v) is 14.2. The molecule has 128 valence electrons. The quantitative estimate of drug-likeness (QED) is 0.380. The average molecular weight is 334 g/mol. The molecular weight excluding hydrogens is 312 g/mol. The molecule has 2 aromatic carbocycles. The summed E-state index contributed by atoms with van der Waals surface area (Å²) in [5, 5.41) is 4.05. The largest absolute Gasteiger partial charge is 0.349 e. The molecule has 1 aliphatic carbocycles. The molecule has 0 fully saturated rings. The molecule has 1 aliphatic rings. The number of ether oxygens (including phenoxy) is 2. The Morgan fingerprint density at radius 3 is 2.36 bits per heavy atom. The van der Waals surface area contributed by atoms with Crippen LogP contribution in [0.4, 0.5) is 0 Å². The summed E-state index contributed by atoms with van der Waals surface area (Å²) in [7, 11) is 1.64. The molecule has 0 aliphatic heterocycles. The topological polar surface area (TPSA) is 56.8 Å². The molecule has 25 heavy (non-hydrogen) atoms. The van der Waals surface area contributed by atoms with Gasteiger partial charge in [0.25, 0.3) is 0 Å². The Hall–Kier alpha value is -2.69. The summed E-state index contributed by atoms with van der Waals surface area (Å²) in [6, 6.07) is 19.9. The van der Waals surface area contributed by atoms with Crippen LogP contribution in [0.15, 0.2) is 90.1 Å². The van der Waals surface area contributed by atoms with E-state index in [-0.39, 0.29) is 5.92 Å². The summed E-state index contributed by atoms with van der Waals surface area (Å²) in [6.07, 6.45) is 7.80. The average Bonchev–Trinajstić information content (AvgIpc) is 2.69. The van der Waals surface area contributed by atoms with E-state index in [9.17, 15) is 0 Å². The van der Waals surface area contributed by atoms with Crippen LogP contribution in [-0.4, -0.2) is 18.6 Å². The molecule has 2 unspecified atom stereocenters. The van der Waals surface area contributed by atoms with Crippen LogP contribution in [-0.2, 0) is 16.1 Å². The zero-order valence-electron chi connectivity index (χ0n) is 14.2. The maximum atomic E-state index is 6.23. The molecule has 0 saturated heterocycles. The Labute approximate surface area is 148 Å². The lowest BCUT2D eigenvalue weighted by atomic mass is 9.85. The van der Waals surface area contributed by atoms with E-state index in [1.807, 2.05) is 85.0 Å². The summed E-state index contributed by atoms with van der Waals surface area (Å²) in [6.45, 7) is 0.427. The van der Waals surface area contributed by atoms with E-state index in [2.05, 4.69) is 5.10 Å². The predicted octanol–water partition coefficient (Wildman–Crippen LogP) is 3.65. The van der Waals surface area contributed by atoms with Crippen LogP contribution >= 0.6 is 0 Å². The standard InChI is InChI=1S/C21H22N2O2/c1-24-21(25-16-17-10-4-2-5-11-17)15-9-8-14-19(21)20(23-22)18-12-6-3-7-13-18/h2-15,19H,16,22H2,1H3. The third-order valence-corrected chi connectivity index (χ3v) is 4.31. The summed E-state index contributed by atoms with van der Waals surface area (Å²) < 4.78 is 12.0. The van der Waals surface area contributed by atoms with E-state index in [0.717, 1.165) is 16.8 Å². The van der Waals surface area contributed by atoms with Gasteiger partial charge in [0, 0.05) is 7.11 Å². The van der Waals surface area contributed by atoms with Crippen molar-refractivity contribution in [1.82, 2.24) is 0 Å². The van der Waals surface area contributed by atoms with Crippen molar-refractivity contribution in [3.63, 3.8) is 0 Å². The number of rotatable bonds is 6. The van der Waals surface area contributed by atoms with Crippen LogP contribution < -0.4 is 5.84 Å². The van der Waals surface area contributed by atoms with E-state index in [0.29, 0.717) is 6.61 Å². The molecule has 2 N–H and O–H groups in total. The molecule has 0 aromatic heterocycles. The van der Waals surface area contributed by atoms with Gasteiger partial charge in [-0.2, -0.15) is 5.10 Å². The Kier molecular flexibility index (Phi) is 5.43. The summed E-state index contributed by atoms with van der Waals surface area (Å²) in [5.41, 5.74) is 2.74. The lowest BCUT2D eigenvalue weighted by Gasteiger charge is -2.37. The van der Waals surface area contributed by atoms with Crippen molar-refractivity contribution in [2.75, 3.05) is 7.11 Å². The molecule has 0 amide bonds. The molecule has 0 saturated carbocycles. The number of nitrogens with zero attached hydrogens (tertiary/aromatic N) is 1. The number of hydrazone groups is 1. The van der Waals surface area contributed by atoms with Crippen LogP contribution in [0.1, 0.15) is 11.1 Å². The van der Waals surface area contributed by atoms with E-state index in [4.69, 9.17) is 15.3 Å². The lowest BCUT2D eigenvalue weighted by Crippen LogP contribution is -2.45. The van der Waals surface area contributed by atoms with Crippen LogP contribution in [0, 0.1) is 5.92 Å². The van der Waals surface area contributed by atoms with E-state index in [1.165, 1.54) is 0 Å². The Bertz CT molecular complexity index is 769.